The zero-order chi connectivity index (χ0) is 12.3. The van der Waals surface area contributed by atoms with Crippen LogP contribution in [-0.4, -0.2) is 17.8 Å². The molecule has 0 spiro atoms. The summed E-state index contributed by atoms with van der Waals surface area (Å²) in [5.41, 5.74) is 0. The fourth-order valence-corrected chi connectivity index (χ4v) is 4.39. The molecule has 0 atom stereocenters. The average molecular weight is 318 g/mol. The summed E-state index contributed by atoms with van der Waals surface area (Å²) in [5, 5.41) is 0. The van der Waals surface area contributed by atoms with Gasteiger partial charge in [0.15, 0.2) is 0 Å². The molecule has 0 aliphatic heterocycles. The van der Waals surface area contributed by atoms with Crippen molar-refractivity contribution in [1.29, 1.82) is 0 Å². The van der Waals surface area contributed by atoms with Gasteiger partial charge in [0.25, 0.3) is 10.0 Å². The third-order valence-electron chi connectivity index (χ3n) is 3.13. The van der Waals surface area contributed by atoms with Crippen molar-refractivity contribution in [3.8, 4) is 0 Å². The van der Waals surface area contributed by atoms with E-state index in [1.807, 2.05) is 6.07 Å². The summed E-state index contributed by atoms with van der Waals surface area (Å²) in [6.45, 7) is 0. The Morgan fingerprint density at radius 3 is 2.24 bits per heavy atom. The molecule has 0 bridgehead atoms. The molecule has 2 rings (SSSR count). The molecule has 1 aliphatic carbocycles. The van der Waals surface area contributed by atoms with Crippen molar-refractivity contribution in [2.45, 2.75) is 43.0 Å². The molecule has 1 fully saturated rings. The number of hydrogen-bond acceptors (Lipinski definition) is 2. The molecule has 1 saturated carbocycles. The summed E-state index contributed by atoms with van der Waals surface area (Å²) in [6.07, 6.45) is 5.31. The van der Waals surface area contributed by atoms with Crippen molar-refractivity contribution in [2.75, 3.05) is 0 Å². The molecule has 0 aromatic heterocycles. The summed E-state index contributed by atoms with van der Waals surface area (Å²) in [7, 11) is -3.39. The van der Waals surface area contributed by atoms with E-state index >= 15 is 0 Å². The molecule has 1 aromatic rings. The van der Waals surface area contributed by atoms with E-state index in [9.17, 15) is 8.42 Å². The lowest BCUT2D eigenvalue weighted by Gasteiger charge is -2.28. The van der Waals surface area contributed by atoms with Gasteiger partial charge in [-0.25, -0.2) is 8.42 Å². The molecule has 0 saturated heterocycles. The van der Waals surface area contributed by atoms with Gasteiger partial charge in [-0.2, -0.15) is 0 Å². The lowest BCUT2D eigenvalue weighted by atomic mass is 9.96. The first-order valence-electron chi connectivity index (χ1n) is 5.87. The van der Waals surface area contributed by atoms with Gasteiger partial charge in [0.05, 0.1) is 4.90 Å². The van der Waals surface area contributed by atoms with Crippen LogP contribution in [0.4, 0.5) is 0 Å². The predicted octanol–water partition coefficient (Wildman–Crippen LogP) is 3.32. The van der Waals surface area contributed by atoms with Gasteiger partial charge in [0.1, 0.15) is 0 Å². The molecule has 17 heavy (non-hydrogen) atoms. The minimum atomic E-state index is -3.39. The summed E-state index contributed by atoms with van der Waals surface area (Å²) < 4.78 is 26.0. The molecule has 3 nitrogen and oxygen atoms in total. The van der Waals surface area contributed by atoms with E-state index in [0.717, 1.165) is 25.7 Å². The van der Waals surface area contributed by atoms with Crippen LogP contribution in [0.25, 0.3) is 0 Å². The van der Waals surface area contributed by atoms with Crippen molar-refractivity contribution in [1.82, 2.24) is 3.33 Å². The maximum absolute atomic E-state index is 12.3. The van der Waals surface area contributed by atoms with Crippen LogP contribution in [0.2, 0.25) is 0 Å². The monoisotopic (exact) mass is 317 g/mol. The van der Waals surface area contributed by atoms with E-state index in [1.54, 1.807) is 24.3 Å². The largest absolute Gasteiger partial charge is 0.252 e. The Morgan fingerprint density at radius 1 is 1.06 bits per heavy atom. The van der Waals surface area contributed by atoms with E-state index in [0.29, 0.717) is 4.90 Å². The molecule has 0 amide bonds. The Bertz CT molecular complexity index is 455. The second-order valence-corrected chi connectivity index (χ2v) is 7.40. The Morgan fingerprint density at radius 2 is 1.65 bits per heavy atom. The average Bonchev–Trinajstić information content (AvgIpc) is 2.40. The predicted molar refractivity (Wildman–Crippen MR) is 71.3 cm³/mol. The standard InChI is InChI=1S/C12H16BrNO2S/c13-14(11-7-3-1-4-8-11)17(15,16)12-9-5-2-6-10-12/h2,5-6,9-11H,1,3-4,7-8H2. The highest BCUT2D eigenvalue weighted by atomic mass is 79.9. The molecule has 1 aliphatic rings. The fraction of sp³-hybridized carbons (Fsp3) is 0.500. The van der Waals surface area contributed by atoms with Crippen LogP contribution in [0.5, 0.6) is 0 Å². The molecule has 0 heterocycles. The molecule has 1 aromatic carbocycles. The van der Waals surface area contributed by atoms with Crippen molar-refractivity contribution in [3.05, 3.63) is 30.3 Å². The highest BCUT2D eigenvalue weighted by Crippen LogP contribution is 2.30. The van der Waals surface area contributed by atoms with Gasteiger partial charge < -0.3 is 0 Å². The summed E-state index contributed by atoms with van der Waals surface area (Å²) in [5.74, 6) is 0. The first-order chi connectivity index (χ1) is 8.12. The molecule has 5 heteroatoms. The topological polar surface area (TPSA) is 37.4 Å². The fourth-order valence-electron chi connectivity index (χ4n) is 2.17. The normalized spacial score (nSPS) is 18.5. The number of rotatable bonds is 3. The Kier molecular flexibility index (Phi) is 4.22. The van der Waals surface area contributed by atoms with Gasteiger partial charge in [-0.1, -0.05) is 37.5 Å². The summed E-state index contributed by atoms with van der Waals surface area (Å²) in [4.78, 5) is 0.349. The Labute approximate surface area is 111 Å². The second-order valence-electron chi connectivity index (χ2n) is 4.35. The van der Waals surface area contributed by atoms with Gasteiger partial charge in [-0.05, 0) is 25.0 Å². The minimum Gasteiger partial charge on any atom is -0.206 e. The Balaban J connectivity index is 2.20. The quantitative estimate of drug-likeness (QED) is 0.802. The van der Waals surface area contributed by atoms with E-state index in [1.165, 1.54) is 9.75 Å². The first-order valence-corrected chi connectivity index (χ1v) is 8.02. The van der Waals surface area contributed by atoms with Gasteiger partial charge in [0.2, 0.25) is 0 Å². The third-order valence-corrected chi connectivity index (χ3v) is 6.48. The molecule has 0 unspecified atom stereocenters. The number of benzene rings is 1. The van der Waals surface area contributed by atoms with Gasteiger partial charge in [-0.3, -0.25) is 0 Å². The van der Waals surface area contributed by atoms with Gasteiger partial charge in [-0.15, -0.1) is 3.33 Å². The first kappa shape index (κ1) is 13.1. The zero-order valence-electron chi connectivity index (χ0n) is 9.55. The van der Waals surface area contributed by atoms with Gasteiger partial charge in [0, 0.05) is 22.2 Å². The number of hydrogen-bond donors (Lipinski definition) is 0. The molecular formula is C12H16BrNO2S. The van der Waals surface area contributed by atoms with Crippen molar-refractivity contribution >= 4 is 26.2 Å². The minimum absolute atomic E-state index is 0.0916. The maximum atomic E-state index is 12.3. The summed E-state index contributed by atoms with van der Waals surface area (Å²) in [6, 6.07) is 8.66. The van der Waals surface area contributed by atoms with E-state index in [2.05, 4.69) is 16.1 Å². The lowest BCUT2D eigenvalue weighted by Crippen LogP contribution is -2.33. The van der Waals surface area contributed by atoms with Crippen LogP contribution in [0, 0.1) is 0 Å². The maximum Gasteiger partial charge on any atom is 0.252 e. The zero-order valence-corrected chi connectivity index (χ0v) is 12.0. The van der Waals surface area contributed by atoms with Crippen LogP contribution in [0.3, 0.4) is 0 Å². The van der Waals surface area contributed by atoms with Crippen molar-refractivity contribution < 1.29 is 8.42 Å². The van der Waals surface area contributed by atoms with E-state index in [-0.39, 0.29) is 6.04 Å². The number of halogens is 1. The van der Waals surface area contributed by atoms with Crippen LogP contribution < -0.4 is 0 Å². The molecular weight excluding hydrogens is 302 g/mol. The van der Waals surface area contributed by atoms with Crippen LogP contribution in [0.15, 0.2) is 35.2 Å². The van der Waals surface area contributed by atoms with Crippen LogP contribution in [-0.2, 0) is 10.0 Å². The Hall–Kier alpha value is -0.390. The number of sulfonamides is 1. The lowest BCUT2D eigenvalue weighted by molar-refractivity contribution is 0.351. The molecule has 94 valence electrons. The van der Waals surface area contributed by atoms with E-state index < -0.39 is 10.0 Å². The number of nitrogens with zero attached hydrogens (tertiary/aromatic N) is 1. The van der Waals surface area contributed by atoms with Crippen LogP contribution in [0.1, 0.15) is 32.1 Å². The highest BCUT2D eigenvalue weighted by Gasteiger charge is 2.30. The smallest absolute Gasteiger partial charge is 0.206 e. The van der Waals surface area contributed by atoms with Crippen molar-refractivity contribution in [3.63, 3.8) is 0 Å². The second kappa shape index (κ2) is 5.50. The van der Waals surface area contributed by atoms with Crippen molar-refractivity contribution in [2.24, 2.45) is 0 Å². The molecule has 0 N–H and O–H groups in total. The van der Waals surface area contributed by atoms with E-state index in [4.69, 9.17) is 0 Å². The highest BCUT2D eigenvalue weighted by molar-refractivity contribution is 9.08. The SMILES string of the molecule is O=S(=O)(c1ccccc1)N(Br)C1CCCCC1. The van der Waals surface area contributed by atoms with Gasteiger partial charge >= 0.3 is 0 Å². The molecule has 0 radical (unpaired) electrons. The van der Waals surface area contributed by atoms with Crippen LogP contribution >= 0.6 is 16.1 Å². The summed E-state index contributed by atoms with van der Waals surface area (Å²) >= 11 is 3.24. The third kappa shape index (κ3) is 2.89.